The number of H-pyrrole nitrogens is 1. The van der Waals surface area contributed by atoms with E-state index in [9.17, 15) is 4.79 Å². The smallest absolute Gasteiger partial charge is 0.264 e. The Morgan fingerprint density at radius 2 is 1.95 bits per heavy atom. The molecule has 2 N–H and O–H groups in total. The van der Waals surface area contributed by atoms with Crippen LogP contribution in [0.25, 0.3) is 11.3 Å². The van der Waals surface area contributed by atoms with E-state index in [4.69, 9.17) is 0 Å². The van der Waals surface area contributed by atoms with E-state index >= 15 is 0 Å². The van der Waals surface area contributed by atoms with Crippen molar-refractivity contribution in [2.75, 3.05) is 31.1 Å². The third-order valence-electron chi connectivity index (χ3n) is 3.63. The number of hydrogen-bond donors (Lipinski definition) is 2. The first-order valence-electron chi connectivity index (χ1n) is 6.86. The molecule has 1 saturated heterocycles. The van der Waals surface area contributed by atoms with Gasteiger partial charge in [-0.05, 0) is 30.7 Å². The summed E-state index contributed by atoms with van der Waals surface area (Å²) in [5, 5.41) is 9.90. The van der Waals surface area contributed by atoms with Crippen LogP contribution < -0.4 is 15.8 Å². The fourth-order valence-electron chi connectivity index (χ4n) is 2.58. The molecule has 1 aliphatic rings. The van der Waals surface area contributed by atoms with E-state index in [0.717, 1.165) is 37.4 Å². The van der Waals surface area contributed by atoms with Gasteiger partial charge in [0.05, 0.1) is 5.69 Å². The normalized spacial score (nSPS) is 15.3. The predicted octanol–water partition coefficient (Wildman–Crippen LogP) is 1.15. The SMILES string of the molecule is Cc1cc(-c2ccc(=O)[nH]n2)ccc1N1CCNCC1. The van der Waals surface area contributed by atoms with E-state index in [1.54, 1.807) is 6.07 Å². The second-order valence-electron chi connectivity index (χ2n) is 5.04. The van der Waals surface area contributed by atoms with Crippen LogP contribution in [0.1, 0.15) is 5.56 Å². The quantitative estimate of drug-likeness (QED) is 0.859. The van der Waals surface area contributed by atoms with Gasteiger partial charge in [-0.25, -0.2) is 5.10 Å². The summed E-state index contributed by atoms with van der Waals surface area (Å²) < 4.78 is 0. The molecule has 20 heavy (non-hydrogen) atoms. The highest BCUT2D eigenvalue weighted by Gasteiger charge is 2.13. The van der Waals surface area contributed by atoms with Crippen molar-refractivity contribution in [3.05, 3.63) is 46.2 Å². The number of nitrogens with one attached hydrogen (secondary N) is 2. The van der Waals surface area contributed by atoms with Crippen molar-refractivity contribution in [2.45, 2.75) is 6.92 Å². The van der Waals surface area contributed by atoms with Crippen molar-refractivity contribution in [3.8, 4) is 11.3 Å². The Morgan fingerprint density at radius 3 is 2.60 bits per heavy atom. The van der Waals surface area contributed by atoms with Gasteiger partial charge < -0.3 is 10.2 Å². The molecule has 0 bridgehead atoms. The molecule has 0 aliphatic carbocycles. The van der Waals surface area contributed by atoms with Crippen LogP contribution in [0.5, 0.6) is 0 Å². The Kier molecular flexibility index (Phi) is 3.52. The molecule has 1 aromatic carbocycles. The van der Waals surface area contributed by atoms with Crippen LogP contribution in [-0.4, -0.2) is 36.4 Å². The zero-order valence-electron chi connectivity index (χ0n) is 11.5. The van der Waals surface area contributed by atoms with Gasteiger partial charge in [0.25, 0.3) is 5.56 Å². The standard InChI is InChI=1S/C15H18N4O/c1-11-10-12(13-3-5-15(20)18-17-13)2-4-14(11)19-8-6-16-7-9-19/h2-5,10,16H,6-9H2,1H3,(H,18,20). The fourth-order valence-corrected chi connectivity index (χ4v) is 2.58. The van der Waals surface area contributed by atoms with E-state index in [1.165, 1.54) is 17.3 Å². The third-order valence-corrected chi connectivity index (χ3v) is 3.63. The maximum atomic E-state index is 11.0. The van der Waals surface area contributed by atoms with Gasteiger partial charge in [-0.2, -0.15) is 5.10 Å². The minimum absolute atomic E-state index is 0.178. The fraction of sp³-hybridized carbons (Fsp3) is 0.333. The lowest BCUT2D eigenvalue weighted by atomic mass is 10.1. The Morgan fingerprint density at radius 1 is 1.15 bits per heavy atom. The van der Waals surface area contributed by atoms with Crippen LogP contribution in [0.2, 0.25) is 0 Å². The minimum atomic E-state index is -0.178. The average molecular weight is 270 g/mol. The van der Waals surface area contributed by atoms with Crippen LogP contribution in [0.3, 0.4) is 0 Å². The van der Waals surface area contributed by atoms with Crippen molar-refractivity contribution in [1.29, 1.82) is 0 Å². The van der Waals surface area contributed by atoms with E-state index in [-0.39, 0.29) is 5.56 Å². The van der Waals surface area contributed by atoms with E-state index in [1.807, 2.05) is 0 Å². The molecule has 0 radical (unpaired) electrons. The molecular formula is C15H18N4O. The molecule has 0 spiro atoms. The third kappa shape index (κ3) is 2.58. The molecular weight excluding hydrogens is 252 g/mol. The lowest BCUT2D eigenvalue weighted by Crippen LogP contribution is -2.43. The Balaban J connectivity index is 1.90. The van der Waals surface area contributed by atoms with Gasteiger partial charge in [-0.3, -0.25) is 4.79 Å². The molecule has 3 rings (SSSR count). The molecule has 1 aliphatic heterocycles. The van der Waals surface area contributed by atoms with Gasteiger partial charge in [-0.15, -0.1) is 0 Å². The zero-order chi connectivity index (χ0) is 13.9. The molecule has 0 saturated carbocycles. The first-order chi connectivity index (χ1) is 9.74. The first-order valence-corrected chi connectivity index (χ1v) is 6.86. The van der Waals surface area contributed by atoms with Crippen molar-refractivity contribution in [1.82, 2.24) is 15.5 Å². The molecule has 104 valence electrons. The molecule has 0 amide bonds. The predicted molar refractivity (Wildman–Crippen MR) is 80.1 cm³/mol. The van der Waals surface area contributed by atoms with Gasteiger partial charge in [0, 0.05) is 43.5 Å². The van der Waals surface area contributed by atoms with Gasteiger partial charge in [0.1, 0.15) is 0 Å². The second kappa shape index (κ2) is 5.46. The van der Waals surface area contributed by atoms with Crippen molar-refractivity contribution >= 4 is 5.69 Å². The van der Waals surface area contributed by atoms with Crippen LogP contribution >= 0.6 is 0 Å². The van der Waals surface area contributed by atoms with Gasteiger partial charge >= 0.3 is 0 Å². The highest BCUT2D eigenvalue weighted by atomic mass is 16.1. The van der Waals surface area contributed by atoms with Crippen molar-refractivity contribution in [3.63, 3.8) is 0 Å². The maximum Gasteiger partial charge on any atom is 0.264 e. The number of nitrogens with zero attached hydrogens (tertiary/aromatic N) is 2. The lowest BCUT2D eigenvalue weighted by Gasteiger charge is -2.30. The number of aromatic nitrogens is 2. The number of aryl methyl sites for hydroxylation is 1. The monoisotopic (exact) mass is 270 g/mol. The van der Waals surface area contributed by atoms with Gasteiger partial charge in [-0.1, -0.05) is 6.07 Å². The molecule has 2 heterocycles. The van der Waals surface area contributed by atoms with Crippen LogP contribution in [0, 0.1) is 6.92 Å². The summed E-state index contributed by atoms with van der Waals surface area (Å²) in [6, 6.07) is 9.58. The molecule has 2 aromatic rings. The van der Waals surface area contributed by atoms with Crippen LogP contribution in [-0.2, 0) is 0 Å². The number of piperazine rings is 1. The number of anilines is 1. The molecule has 1 aromatic heterocycles. The highest BCUT2D eigenvalue weighted by Crippen LogP contribution is 2.25. The average Bonchev–Trinajstić information content (AvgIpc) is 2.49. The molecule has 0 atom stereocenters. The number of aromatic amines is 1. The highest BCUT2D eigenvalue weighted by molar-refractivity contribution is 5.66. The van der Waals surface area contributed by atoms with E-state index in [2.05, 4.69) is 45.5 Å². The molecule has 5 heteroatoms. The Bertz CT molecular complexity index is 639. The Labute approximate surface area is 117 Å². The van der Waals surface area contributed by atoms with E-state index < -0.39 is 0 Å². The number of benzene rings is 1. The lowest BCUT2D eigenvalue weighted by molar-refractivity contribution is 0.588. The van der Waals surface area contributed by atoms with Crippen molar-refractivity contribution in [2.24, 2.45) is 0 Å². The minimum Gasteiger partial charge on any atom is -0.369 e. The summed E-state index contributed by atoms with van der Waals surface area (Å²) in [5.41, 5.74) is 4.15. The van der Waals surface area contributed by atoms with E-state index in [0.29, 0.717) is 0 Å². The van der Waals surface area contributed by atoms with Crippen molar-refractivity contribution < 1.29 is 0 Å². The summed E-state index contributed by atoms with van der Waals surface area (Å²) in [5.74, 6) is 0. The largest absolute Gasteiger partial charge is 0.369 e. The second-order valence-corrected chi connectivity index (χ2v) is 5.04. The maximum absolute atomic E-state index is 11.0. The number of hydrogen-bond acceptors (Lipinski definition) is 4. The topological polar surface area (TPSA) is 61.0 Å². The Hall–Kier alpha value is -2.14. The zero-order valence-corrected chi connectivity index (χ0v) is 11.5. The van der Waals surface area contributed by atoms with Crippen LogP contribution in [0.4, 0.5) is 5.69 Å². The van der Waals surface area contributed by atoms with Gasteiger partial charge in [0.2, 0.25) is 0 Å². The summed E-state index contributed by atoms with van der Waals surface area (Å²) in [7, 11) is 0. The van der Waals surface area contributed by atoms with Gasteiger partial charge in [0.15, 0.2) is 0 Å². The molecule has 1 fully saturated rings. The summed E-state index contributed by atoms with van der Waals surface area (Å²) in [6.45, 7) is 6.26. The molecule has 5 nitrogen and oxygen atoms in total. The molecule has 0 unspecified atom stereocenters. The first kappa shape index (κ1) is 12.9. The number of rotatable bonds is 2. The summed E-state index contributed by atoms with van der Waals surface area (Å²) in [6.07, 6.45) is 0. The summed E-state index contributed by atoms with van der Waals surface area (Å²) >= 11 is 0. The summed E-state index contributed by atoms with van der Waals surface area (Å²) in [4.78, 5) is 13.4. The van der Waals surface area contributed by atoms with Crippen LogP contribution in [0.15, 0.2) is 35.1 Å².